The molecule has 0 spiro atoms. The van der Waals surface area contributed by atoms with Crippen LogP contribution >= 0.6 is 35.0 Å². The topological polar surface area (TPSA) is 65.4 Å². The van der Waals surface area contributed by atoms with E-state index >= 15 is 0 Å². The van der Waals surface area contributed by atoms with E-state index in [1.165, 1.54) is 0 Å². The molecule has 3 rings (SSSR count). The minimum atomic E-state index is 0.272. The molecule has 3 aromatic rings. The average molecular weight is 411 g/mol. The number of benzene rings is 1. The maximum Gasteiger partial charge on any atom is 0.212 e. The van der Waals surface area contributed by atoms with Crippen LogP contribution in [0.25, 0.3) is 0 Å². The van der Waals surface area contributed by atoms with E-state index in [9.17, 15) is 0 Å². The molecule has 136 valence electrons. The lowest BCUT2D eigenvalue weighted by Gasteiger charge is -2.05. The van der Waals surface area contributed by atoms with Crippen molar-refractivity contribution in [3.8, 4) is 5.75 Å². The number of aromatic nitrogens is 3. The van der Waals surface area contributed by atoms with Crippen LogP contribution in [0.15, 0.2) is 45.0 Å². The molecule has 2 heterocycles. The first-order chi connectivity index (χ1) is 12.6. The Kier molecular flexibility index (Phi) is 6.24. The molecule has 0 aliphatic heterocycles. The normalized spacial score (nSPS) is 11.4. The van der Waals surface area contributed by atoms with Gasteiger partial charge in [0, 0.05) is 6.07 Å². The Balaban J connectivity index is 1.64. The van der Waals surface area contributed by atoms with Crippen molar-refractivity contribution in [2.75, 3.05) is 5.75 Å². The summed E-state index contributed by atoms with van der Waals surface area (Å²) in [4.78, 5) is 0. The highest BCUT2D eigenvalue weighted by molar-refractivity contribution is 7.99. The van der Waals surface area contributed by atoms with E-state index in [1.807, 2.05) is 19.1 Å². The van der Waals surface area contributed by atoms with Crippen molar-refractivity contribution < 1.29 is 9.15 Å². The third-order valence-corrected chi connectivity index (χ3v) is 4.84. The Bertz CT molecular complexity index is 923. The zero-order valence-electron chi connectivity index (χ0n) is 14.1. The number of ether oxygens (including phenoxy) is 1. The average Bonchev–Trinajstić information content (AvgIpc) is 3.21. The van der Waals surface area contributed by atoms with Gasteiger partial charge in [-0.25, -0.2) is 0 Å². The minimum absolute atomic E-state index is 0.272. The molecular weight excluding hydrogens is 395 g/mol. The molecule has 0 amide bonds. The maximum atomic E-state index is 5.97. The Morgan fingerprint density at radius 1 is 1.23 bits per heavy atom. The van der Waals surface area contributed by atoms with E-state index in [1.54, 1.807) is 40.9 Å². The number of thioether (sulfide) groups is 1. The summed E-state index contributed by atoms with van der Waals surface area (Å²) >= 11 is 13.4. The molecule has 0 unspecified atom stereocenters. The zero-order valence-corrected chi connectivity index (χ0v) is 16.5. The highest BCUT2D eigenvalue weighted by atomic mass is 35.5. The number of nitrogens with zero attached hydrogens (tertiary/aromatic N) is 4. The van der Waals surface area contributed by atoms with E-state index in [0.29, 0.717) is 33.1 Å². The Morgan fingerprint density at radius 2 is 2.08 bits per heavy atom. The SMILES string of the molecule is CCSc1nnc(C)n1N=Cc1ccc(COc2ccc(Cl)c(Cl)c2)o1. The Hall–Kier alpha value is -1.96. The minimum Gasteiger partial charge on any atom is -0.486 e. The first kappa shape index (κ1) is 18.8. The van der Waals surface area contributed by atoms with Gasteiger partial charge in [-0.3, -0.25) is 0 Å². The molecule has 1 aromatic carbocycles. The summed E-state index contributed by atoms with van der Waals surface area (Å²) in [6.45, 7) is 4.17. The summed E-state index contributed by atoms with van der Waals surface area (Å²) in [7, 11) is 0. The summed E-state index contributed by atoms with van der Waals surface area (Å²) in [5.74, 6) is 3.50. The van der Waals surface area contributed by atoms with Crippen LogP contribution in [-0.4, -0.2) is 26.8 Å². The van der Waals surface area contributed by atoms with Crippen LogP contribution in [-0.2, 0) is 6.61 Å². The predicted molar refractivity (Wildman–Crippen MR) is 104 cm³/mol. The van der Waals surface area contributed by atoms with Crippen LogP contribution in [0.5, 0.6) is 5.75 Å². The van der Waals surface area contributed by atoms with Crippen molar-refractivity contribution in [2.45, 2.75) is 25.6 Å². The number of hydrogen-bond acceptors (Lipinski definition) is 6. The van der Waals surface area contributed by atoms with Crippen LogP contribution < -0.4 is 4.74 Å². The molecule has 0 bridgehead atoms. The molecule has 0 atom stereocenters. The third-order valence-electron chi connectivity index (χ3n) is 3.30. The second-order valence-electron chi connectivity index (χ2n) is 5.19. The third kappa shape index (κ3) is 4.60. The molecule has 0 aliphatic carbocycles. The summed E-state index contributed by atoms with van der Waals surface area (Å²) in [6.07, 6.45) is 1.62. The fraction of sp³-hybridized carbons (Fsp3) is 0.235. The first-order valence-electron chi connectivity index (χ1n) is 7.82. The number of rotatable bonds is 7. The van der Waals surface area contributed by atoms with Crippen molar-refractivity contribution in [1.29, 1.82) is 0 Å². The summed E-state index contributed by atoms with van der Waals surface area (Å²) in [5, 5.41) is 14.2. The molecule has 9 heteroatoms. The van der Waals surface area contributed by atoms with Gasteiger partial charge in [-0.1, -0.05) is 41.9 Å². The van der Waals surface area contributed by atoms with Gasteiger partial charge in [0.1, 0.15) is 23.9 Å². The second-order valence-corrected chi connectivity index (χ2v) is 7.23. The molecule has 6 nitrogen and oxygen atoms in total. The molecule has 0 N–H and O–H groups in total. The van der Waals surface area contributed by atoms with Crippen LogP contribution in [0, 0.1) is 6.92 Å². The Morgan fingerprint density at radius 3 is 2.85 bits per heavy atom. The molecule has 0 fully saturated rings. The van der Waals surface area contributed by atoms with Gasteiger partial charge in [-0.2, -0.15) is 9.78 Å². The predicted octanol–water partition coefficient (Wildman–Crippen LogP) is 5.06. The summed E-state index contributed by atoms with van der Waals surface area (Å²) in [5.41, 5.74) is 0. The fourth-order valence-corrected chi connectivity index (χ4v) is 3.01. The molecular formula is C17H16Cl2N4O2S. The van der Waals surface area contributed by atoms with Gasteiger partial charge in [0.25, 0.3) is 0 Å². The quantitative estimate of drug-likeness (QED) is 0.402. The molecule has 0 aliphatic rings. The standard InChI is InChI=1S/C17H16Cl2N4O2S/c1-3-26-17-22-21-11(2)23(17)20-9-13-4-5-14(25-13)10-24-12-6-7-15(18)16(19)8-12/h4-9H,3,10H2,1-2H3. The van der Waals surface area contributed by atoms with Crippen molar-refractivity contribution in [2.24, 2.45) is 5.10 Å². The van der Waals surface area contributed by atoms with Gasteiger partial charge in [0.2, 0.25) is 5.16 Å². The van der Waals surface area contributed by atoms with E-state index < -0.39 is 0 Å². The number of hydrogen-bond donors (Lipinski definition) is 0. The van der Waals surface area contributed by atoms with Crippen molar-refractivity contribution in [1.82, 2.24) is 14.9 Å². The lowest BCUT2D eigenvalue weighted by atomic mass is 10.3. The van der Waals surface area contributed by atoms with E-state index in [4.69, 9.17) is 32.4 Å². The molecule has 26 heavy (non-hydrogen) atoms. The van der Waals surface area contributed by atoms with Crippen LogP contribution in [0.1, 0.15) is 24.3 Å². The molecule has 2 aromatic heterocycles. The first-order valence-corrected chi connectivity index (χ1v) is 9.56. The van der Waals surface area contributed by atoms with Crippen molar-refractivity contribution in [3.05, 3.63) is 57.7 Å². The highest BCUT2D eigenvalue weighted by Gasteiger charge is 2.08. The molecule has 0 saturated carbocycles. The van der Waals surface area contributed by atoms with Crippen molar-refractivity contribution >= 4 is 41.2 Å². The van der Waals surface area contributed by atoms with E-state index in [-0.39, 0.29) is 6.61 Å². The fourth-order valence-electron chi connectivity index (χ4n) is 2.07. The number of aryl methyl sites for hydroxylation is 1. The van der Waals surface area contributed by atoms with Crippen LogP contribution in [0.2, 0.25) is 10.0 Å². The second kappa shape index (κ2) is 8.62. The van der Waals surface area contributed by atoms with Gasteiger partial charge in [0.15, 0.2) is 5.82 Å². The van der Waals surface area contributed by atoms with Gasteiger partial charge in [-0.15, -0.1) is 10.2 Å². The maximum absolute atomic E-state index is 5.97. The number of furan rings is 1. The van der Waals surface area contributed by atoms with Gasteiger partial charge in [0.05, 0.1) is 16.3 Å². The van der Waals surface area contributed by atoms with Gasteiger partial charge >= 0.3 is 0 Å². The lowest BCUT2D eigenvalue weighted by Crippen LogP contribution is -1.96. The lowest BCUT2D eigenvalue weighted by molar-refractivity contribution is 0.270. The monoisotopic (exact) mass is 410 g/mol. The van der Waals surface area contributed by atoms with E-state index in [2.05, 4.69) is 22.2 Å². The molecule has 0 radical (unpaired) electrons. The Labute approximate surface area is 165 Å². The number of halogens is 2. The highest BCUT2D eigenvalue weighted by Crippen LogP contribution is 2.26. The summed E-state index contributed by atoms with van der Waals surface area (Å²) < 4.78 is 13.0. The smallest absolute Gasteiger partial charge is 0.212 e. The largest absolute Gasteiger partial charge is 0.486 e. The van der Waals surface area contributed by atoms with Crippen molar-refractivity contribution in [3.63, 3.8) is 0 Å². The van der Waals surface area contributed by atoms with Gasteiger partial charge in [-0.05, 0) is 36.9 Å². The van der Waals surface area contributed by atoms with Gasteiger partial charge < -0.3 is 9.15 Å². The van der Waals surface area contributed by atoms with Crippen LogP contribution in [0.4, 0.5) is 0 Å². The zero-order chi connectivity index (χ0) is 18.5. The van der Waals surface area contributed by atoms with Crippen LogP contribution in [0.3, 0.4) is 0 Å². The van der Waals surface area contributed by atoms with E-state index in [0.717, 1.165) is 10.9 Å². The molecule has 0 saturated heterocycles. The summed E-state index contributed by atoms with van der Waals surface area (Å²) in [6, 6.07) is 8.76.